The van der Waals surface area contributed by atoms with Gasteiger partial charge in [0.1, 0.15) is 5.82 Å². The molecule has 8 heteroatoms. The van der Waals surface area contributed by atoms with Crippen LogP contribution in [0.25, 0.3) is 11.3 Å². The average molecular weight is 447 g/mol. The summed E-state index contributed by atoms with van der Waals surface area (Å²) in [6, 6.07) is 13.9. The molecule has 144 valence electrons. The molecule has 0 aliphatic heterocycles. The van der Waals surface area contributed by atoms with Crippen LogP contribution in [0.4, 0.5) is 4.39 Å². The number of hydrogen-bond acceptors (Lipinski definition) is 5. The molecule has 0 spiro atoms. The number of methoxy groups -OCH3 is 1. The fourth-order valence-electron chi connectivity index (χ4n) is 2.63. The van der Waals surface area contributed by atoms with Crippen LogP contribution >= 0.6 is 15.9 Å². The van der Waals surface area contributed by atoms with Crippen LogP contribution in [0, 0.1) is 5.82 Å². The molecule has 0 aliphatic carbocycles. The molecule has 0 aliphatic rings. The summed E-state index contributed by atoms with van der Waals surface area (Å²) in [5.74, 6) is -1.38. The van der Waals surface area contributed by atoms with Gasteiger partial charge in [-0.05, 0) is 29.8 Å². The Morgan fingerprint density at radius 1 is 1.21 bits per heavy atom. The molecule has 3 aromatic rings. The summed E-state index contributed by atoms with van der Waals surface area (Å²) in [6.45, 7) is 0. The summed E-state index contributed by atoms with van der Waals surface area (Å²) >= 11 is 3.37. The lowest BCUT2D eigenvalue weighted by atomic mass is 10.0. The van der Waals surface area contributed by atoms with Gasteiger partial charge in [-0.3, -0.25) is 9.59 Å². The van der Waals surface area contributed by atoms with E-state index in [1.165, 1.54) is 25.3 Å². The first kappa shape index (κ1) is 19.8. The Bertz CT molecular complexity index is 1010. The molecule has 1 heterocycles. The van der Waals surface area contributed by atoms with Gasteiger partial charge in [0.2, 0.25) is 0 Å². The van der Waals surface area contributed by atoms with Crippen molar-refractivity contribution < 1.29 is 23.2 Å². The molecule has 0 radical (unpaired) electrons. The summed E-state index contributed by atoms with van der Waals surface area (Å²) in [5.41, 5.74) is 0.890. The Labute approximate surface area is 168 Å². The average Bonchev–Trinajstić information content (AvgIpc) is 3.17. The van der Waals surface area contributed by atoms with E-state index in [-0.39, 0.29) is 23.4 Å². The predicted molar refractivity (Wildman–Crippen MR) is 103 cm³/mol. The van der Waals surface area contributed by atoms with E-state index in [0.717, 1.165) is 4.47 Å². The third kappa shape index (κ3) is 4.64. The molecule has 0 saturated carbocycles. The number of hydrogen-bond donors (Lipinski definition) is 1. The quantitative estimate of drug-likeness (QED) is 0.571. The number of carbonyl (C=O) groups is 2. The Morgan fingerprint density at radius 2 is 2.00 bits per heavy atom. The molecule has 1 aromatic heterocycles. The van der Waals surface area contributed by atoms with Crippen LogP contribution in [0.1, 0.15) is 28.5 Å². The highest BCUT2D eigenvalue weighted by Crippen LogP contribution is 2.25. The number of rotatable bonds is 6. The van der Waals surface area contributed by atoms with Crippen molar-refractivity contribution in [2.24, 2.45) is 0 Å². The first-order valence-electron chi connectivity index (χ1n) is 8.32. The van der Waals surface area contributed by atoms with Crippen LogP contribution in [0.3, 0.4) is 0 Å². The van der Waals surface area contributed by atoms with Crippen LogP contribution in [0.5, 0.6) is 0 Å². The molecule has 0 fully saturated rings. The molecular weight excluding hydrogens is 431 g/mol. The lowest BCUT2D eigenvalue weighted by Crippen LogP contribution is -2.30. The van der Waals surface area contributed by atoms with Crippen molar-refractivity contribution >= 4 is 27.8 Å². The van der Waals surface area contributed by atoms with Crippen molar-refractivity contribution in [2.75, 3.05) is 7.11 Å². The van der Waals surface area contributed by atoms with Crippen LogP contribution in [0.2, 0.25) is 0 Å². The number of aromatic nitrogens is 1. The van der Waals surface area contributed by atoms with E-state index < -0.39 is 23.7 Å². The van der Waals surface area contributed by atoms with Crippen molar-refractivity contribution in [3.8, 4) is 11.3 Å². The fourth-order valence-corrected chi connectivity index (χ4v) is 3.04. The molecule has 28 heavy (non-hydrogen) atoms. The summed E-state index contributed by atoms with van der Waals surface area (Å²) in [4.78, 5) is 24.4. The standard InChI is InChI=1S/C20H16BrFN2O4/c1-27-19(25)11-16(12-5-4-6-13(21)9-12)23-20(26)17-10-18(28-24-17)14-7-2-3-8-15(14)22/h2-10,16H,11H2,1H3,(H,23,26). The predicted octanol–water partition coefficient (Wildman–Crippen LogP) is 4.28. The van der Waals surface area contributed by atoms with E-state index in [1.807, 2.05) is 6.07 Å². The van der Waals surface area contributed by atoms with Gasteiger partial charge < -0.3 is 14.6 Å². The van der Waals surface area contributed by atoms with Crippen LogP contribution in [-0.4, -0.2) is 24.1 Å². The monoisotopic (exact) mass is 446 g/mol. The zero-order valence-electron chi connectivity index (χ0n) is 14.8. The van der Waals surface area contributed by atoms with Gasteiger partial charge in [0.05, 0.1) is 25.1 Å². The number of ether oxygens (including phenoxy) is 1. The zero-order valence-corrected chi connectivity index (χ0v) is 16.4. The number of halogens is 2. The van der Waals surface area contributed by atoms with Gasteiger partial charge in [-0.15, -0.1) is 0 Å². The SMILES string of the molecule is COC(=O)CC(NC(=O)c1cc(-c2ccccc2F)on1)c1cccc(Br)c1. The Kier molecular flexibility index (Phi) is 6.20. The largest absolute Gasteiger partial charge is 0.469 e. The number of nitrogens with one attached hydrogen (secondary N) is 1. The van der Waals surface area contributed by atoms with Crippen LogP contribution < -0.4 is 5.32 Å². The molecule has 1 atom stereocenters. The van der Waals surface area contributed by atoms with E-state index >= 15 is 0 Å². The van der Waals surface area contributed by atoms with Crippen molar-refractivity contribution in [2.45, 2.75) is 12.5 Å². The lowest BCUT2D eigenvalue weighted by Gasteiger charge is -2.17. The van der Waals surface area contributed by atoms with Crippen molar-refractivity contribution in [1.82, 2.24) is 10.5 Å². The Morgan fingerprint density at radius 3 is 2.71 bits per heavy atom. The molecule has 3 rings (SSSR count). The maximum atomic E-state index is 13.9. The van der Waals surface area contributed by atoms with Crippen molar-refractivity contribution in [3.63, 3.8) is 0 Å². The Hall–Kier alpha value is -3.00. The maximum Gasteiger partial charge on any atom is 0.307 e. The van der Waals surface area contributed by atoms with Gasteiger partial charge in [0.25, 0.3) is 5.91 Å². The normalized spacial score (nSPS) is 11.7. The number of amides is 1. The number of nitrogens with zero attached hydrogens (tertiary/aromatic N) is 1. The topological polar surface area (TPSA) is 81.4 Å². The van der Waals surface area contributed by atoms with Crippen LogP contribution in [-0.2, 0) is 9.53 Å². The Balaban J connectivity index is 1.82. The van der Waals surface area contributed by atoms with E-state index in [9.17, 15) is 14.0 Å². The lowest BCUT2D eigenvalue weighted by molar-refractivity contribution is -0.141. The smallest absolute Gasteiger partial charge is 0.307 e. The number of benzene rings is 2. The highest BCUT2D eigenvalue weighted by Gasteiger charge is 2.22. The second-order valence-corrected chi connectivity index (χ2v) is 6.83. The van der Waals surface area contributed by atoms with Gasteiger partial charge in [-0.1, -0.05) is 45.4 Å². The van der Waals surface area contributed by atoms with Crippen LogP contribution in [0.15, 0.2) is 63.6 Å². The second kappa shape index (κ2) is 8.79. The summed E-state index contributed by atoms with van der Waals surface area (Å²) in [6.07, 6.45) is -0.0588. The zero-order chi connectivity index (χ0) is 20.1. The van der Waals surface area contributed by atoms with E-state index in [2.05, 4.69) is 26.4 Å². The highest BCUT2D eigenvalue weighted by molar-refractivity contribution is 9.10. The molecule has 0 bridgehead atoms. The molecule has 1 amide bonds. The number of carbonyl (C=O) groups excluding carboxylic acids is 2. The van der Waals surface area contributed by atoms with Gasteiger partial charge in [0.15, 0.2) is 11.5 Å². The molecule has 6 nitrogen and oxygen atoms in total. The van der Waals surface area contributed by atoms with E-state index in [4.69, 9.17) is 9.26 Å². The van der Waals surface area contributed by atoms with E-state index in [1.54, 1.807) is 30.3 Å². The summed E-state index contributed by atoms with van der Waals surface area (Å²) in [5, 5.41) is 6.46. The summed E-state index contributed by atoms with van der Waals surface area (Å²) in [7, 11) is 1.28. The summed E-state index contributed by atoms with van der Waals surface area (Å²) < 4.78 is 24.5. The molecule has 1 N–H and O–H groups in total. The molecule has 1 unspecified atom stereocenters. The molecular formula is C20H16BrFN2O4. The van der Waals surface area contributed by atoms with Gasteiger partial charge in [-0.2, -0.15) is 0 Å². The number of esters is 1. The van der Waals surface area contributed by atoms with Crippen molar-refractivity contribution in [3.05, 3.63) is 76.1 Å². The van der Waals surface area contributed by atoms with Gasteiger partial charge in [0, 0.05) is 10.5 Å². The minimum atomic E-state index is -0.633. The first-order valence-corrected chi connectivity index (χ1v) is 9.12. The fraction of sp³-hybridized carbons (Fsp3) is 0.150. The third-order valence-corrected chi connectivity index (χ3v) is 4.53. The van der Waals surface area contributed by atoms with Gasteiger partial charge >= 0.3 is 5.97 Å². The minimum Gasteiger partial charge on any atom is -0.469 e. The molecule has 2 aromatic carbocycles. The second-order valence-electron chi connectivity index (χ2n) is 5.92. The van der Waals surface area contributed by atoms with Gasteiger partial charge in [-0.25, -0.2) is 4.39 Å². The van der Waals surface area contributed by atoms with E-state index in [0.29, 0.717) is 5.56 Å². The molecule has 0 saturated heterocycles. The maximum absolute atomic E-state index is 13.9. The highest BCUT2D eigenvalue weighted by atomic mass is 79.9. The van der Waals surface area contributed by atoms with Crippen molar-refractivity contribution in [1.29, 1.82) is 0 Å². The first-order chi connectivity index (χ1) is 13.5. The third-order valence-electron chi connectivity index (χ3n) is 4.04. The minimum absolute atomic E-state index is 0.0249.